The van der Waals surface area contributed by atoms with Crippen molar-refractivity contribution in [2.24, 2.45) is 0 Å². The van der Waals surface area contributed by atoms with Gasteiger partial charge >= 0.3 is 6.03 Å². The molecule has 0 aliphatic carbocycles. The van der Waals surface area contributed by atoms with Gasteiger partial charge in [0.2, 0.25) is 0 Å². The van der Waals surface area contributed by atoms with E-state index < -0.39 is 0 Å². The maximum Gasteiger partial charge on any atom is 0.324 e. The molecule has 3 aromatic rings. The first-order valence-corrected chi connectivity index (χ1v) is 5.74. The number of aromatic nitrogens is 4. The summed E-state index contributed by atoms with van der Waals surface area (Å²) in [5, 5.41) is 19.7. The Hall–Kier alpha value is -2.83. The van der Waals surface area contributed by atoms with E-state index in [1.807, 2.05) is 19.1 Å². The summed E-state index contributed by atoms with van der Waals surface area (Å²) < 4.78 is 0. The number of aryl methyl sites for hydroxylation is 1. The lowest BCUT2D eigenvalue weighted by molar-refractivity contribution is 0.262. The number of hydrogen-bond donors (Lipinski definition) is 4. The van der Waals surface area contributed by atoms with Crippen LogP contribution in [0.25, 0.3) is 10.9 Å². The number of carbonyl (C=O) groups is 1. The van der Waals surface area contributed by atoms with Crippen LogP contribution in [0.3, 0.4) is 0 Å². The Morgan fingerprint density at radius 2 is 2.05 bits per heavy atom. The second-order valence-electron chi connectivity index (χ2n) is 4.14. The Balaban J connectivity index is 1.83. The van der Waals surface area contributed by atoms with Gasteiger partial charge in [0.25, 0.3) is 0 Å². The van der Waals surface area contributed by atoms with Crippen molar-refractivity contribution < 1.29 is 4.79 Å². The Kier molecular flexibility index (Phi) is 2.64. The summed E-state index contributed by atoms with van der Waals surface area (Å²) in [5.41, 5.74) is 2.58. The van der Waals surface area contributed by atoms with Crippen LogP contribution in [0, 0.1) is 6.92 Å². The van der Waals surface area contributed by atoms with Crippen LogP contribution >= 0.6 is 0 Å². The second-order valence-corrected chi connectivity index (χ2v) is 4.14. The SMILES string of the molecule is Cc1ccc(NC(=O)Nc2ccn[nH]2)c2[nH]ncc12. The van der Waals surface area contributed by atoms with Gasteiger partial charge in [0.05, 0.1) is 23.6 Å². The highest BCUT2D eigenvalue weighted by Crippen LogP contribution is 2.24. The number of nitrogens with one attached hydrogen (secondary N) is 4. The maximum absolute atomic E-state index is 11.8. The largest absolute Gasteiger partial charge is 0.324 e. The molecule has 7 heteroatoms. The van der Waals surface area contributed by atoms with Crippen molar-refractivity contribution in [3.8, 4) is 0 Å². The number of hydrogen-bond acceptors (Lipinski definition) is 3. The minimum Gasteiger partial charge on any atom is -0.306 e. The van der Waals surface area contributed by atoms with E-state index in [1.165, 1.54) is 0 Å². The number of benzene rings is 1. The van der Waals surface area contributed by atoms with E-state index in [2.05, 4.69) is 31.0 Å². The Labute approximate surface area is 108 Å². The highest BCUT2D eigenvalue weighted by molar-refractivity contribution is 6.05. The molecule has 0 spiro atoms. The van der Waals surface area contributed by atoms with Crippen molar-refractivity contribution in [2.45, 2.75) is 6.92 Å². The number of nitrogens with zero attached hydrogens (tertiary/aromatic N) is 2. The zero-order chi connectivity index (χ0) is 13.2. The van der Waals surface area contributed by atoms with Crippen LogP contribution in [-0.2, 0) is 0 Å². The van der Waals surface area contributed by atoms with E-state index in [1.54, 1.807) is 18.5 Å². The molecule has 2 aromatic heterocycles. The number of aromatic amines is 2. The summed E-state index contributed by atoms with van der Waals surface area (Å²) in [7, 11) is 0. The first-order chi connectivity index (χ1) is 9.24. The summed E-state index contributed by atoms with van der Waals surface area (Å²) in [6.45, 7) is 1.99. The minimum absolute atomic E-state index is 0.344. The Morgan fingerprint density at radius 1 is 1.16 bits per heavy atom. The molecule has 0 aliphatic heterocycles. The highest BCUT2D eigenvalue weighted by Gasteiger charge is 2.09. The van der Waals surface area contributed by atoms with E-state index in [0.29, 0.717) is 11.5 Å². The van der Waals surface area contributed by atoms with Crippen molar-refractivity contribution in [3.63, 3.8) is 0 Å². The van der Waals surface area contributed by atoms with Crippen LogP contribution in [0.5, 0.6) is 0 Å². The summed E-state index contributed by atoms with van der Waals surface area (Å²) in [5.74, 6) is 0.533. The molecule has 0 fully saturated rings. The van der Waals surface area contributed by atoms with Gasteiger partial charge in [-0.2, -0.15) is 10.2 Å². The van der Waals surface area contributed by atoms with Crippen LogP contribution in [-0.4, -0.2) is 26.4 Å². The molecule has 1 aromatic carbocycles. The van der Waals surface area contributed by atoms with E-state index in [-0.39, 0.29) is 6.03 Å². The zero-order valence-electron chi connectivity index (χ0n) is 10.2. The normalized spacial score (nSPS) is 10.6. The van der Waals surface area contributed by atoms with Crippen LogP contribution in [0.15, 0.2) is 30.6 Å². The van der Waals surface area contributed by atoms with E-state index >= 15 is 0 Å². The van der Waals surface area contributed by atoms with Crippen molar-refractivity contribution >= 4 is 28.4 Å². The van der Waals surface area contributed by atoms with Crippen molar-refractivity contribution in [1.82, 2.24) is 20.4 Å². The number of rotatable bonds is 2. The monoisotopic (exact) mass is 256 g/mol. The topological polar surface area (TPSA) is 98.5 Å². The average Bonchev–Trinajstić information content (AvgIpc) is 3.03. The lowest BCUT2D eigenvalue weighted by atomic mass is 10.1. The molecule has 2 heterocycles. The molecule has 0 atom stereocenters. The van der Waals surface area contributed by atoms with Gasteiger partial charge in [-0.1, -0.05) is 6.07 Å². The molecule has 19 heavy (non-hydrogen) atoms. The van der Waals surface area contributed by atoms with Crippen LogP contribution in [0.2, 0.25) is 0 Å². The number of amides is 2. The lowest BCUT2D eigenvalue weighted by Crippen LogP contribution is -2.19. The van der Waals surface area contributed by atoms with E-state index in [9.17, 15) is 4.79 Å². The molecule has 0 radical (unpaired) electrons. The second kappa shape index (κ2) is 4.45. The minimum atomic E-state index is -0.344. The number of anilines is 2. The smallest absolute Gasteiger partial charge is 0.306 e. The van der Waals surface area contributed by atoms with Gasteiger partial charge in [0.1, 0.15) is 5.82 Å². The zero-order valence-corrected chi connectivity index (χ0v) is 10.2. The third-order valence-corrected chi connectivity index (χ3v) is 2.83. The van der Waals surface area contributed by atoms with Gasteiger partial charge in [-0.3, -0.25) is 15.5 Å². The molecule has 4 N–H and O–H groups in total. The molecule has 96 valence electrons. The van der Waals surface area contributed by atoms with Gasteiger partial charge in [0, 0.05) is 11.5 Å². The molecular weight excluding hydrogens is 244 g/mol. The summed E-state index contributed by atoms with van der Waals surface area (Å²) in [4.78, 5) is 11.8. The summed E-state index contributed by atoms with van der Waals surface area (Å²) in [6, 6.07) is 5.09. The third-order valence-electron chi connectivity index (χ3n) is 2.83. The fourth-order valence-electron chi connectivity index (χ4n) is 1.88. The first-order valence-electron chi connectivity index (χ1n) is 5.74. The number of H-pyrrole nitrogens is 2. The van der Waals surface area contributed by atoms with Gasteiger partial charge in [-0.25, -0.2) is 4.79 Å². The first kappa shape index (κ1) is 11.3. The number of fused-ring (bicyclic) bond motifs is 1. The molecule has 2 amide bonds. The van der Waals surface area contributed by atoms with E-state index in [4.69, 9.17) is 0 Å². The Bertz CT molecular complexity index is 715. The predicted molar refractivity (Wildman–Crippen MR) is 72.1 cm³/mol. The molecule has 3 rings (SSSR count). The average molecular weight is 256 g/mol. The molecule has 7 nitrogen and oxygen atoms in total. The maximum atomic E-state index is 11.8. The van der Waals surface area contributed by atoms with Crippen molar-refractivity contribution in [1.29, 1.82) is 0 Å². The number of carbonyl (C=O) groups excluding carboxylic acids is 1. The quantitative estimate of drug-likeness (QED) is 0.565. The molecule has 0 saturated carbocycles. The molecule has 0 saturated heterocycles. The molecule has 0 unspecified atom stereocenters. The van der Waals surface area contributed by atoms with Gasteiger partial charge in [0.15, 0.2) is 0 Å². The van der Waals surface area contributed by atoms with Crippen molar-refractivity contribution in [2.75, 3.05) is 10.6 Å². The molecular formula is C12H12N6O. The highest BCUT2D eigenvalue weighted by atomic mass is 16.2. The van der Waals surface area contributed by atoms with Crippen LogP contribution < -0.4 is 10.6 Å². The molecule has 0 bridgehead atoms. The summed E-state index contributed by atoms with van der Waals surface area (Å²) in [6.07, 6.45) is 3.30. The number of urea groups is 1. The fourth-order valence-corrected chi connectivity index (χ4v) is 1.88. The Morgan fingerprint density at radius 3 is 2.84 bits per heavy atom. The third kappa shape index (κ3) is 2.13. The summed E-state index contributed by atoms with van der Waals surface area (Å²) >= 11 is 0. The van der Waals surface area contributed by atoms with Gasteiger partial charge in [-0.15, -0.1) is 0 Å². The standard InChI is InChI=1S/C12H12N6O/c1-7-2-3-9(11-8(7)6-14-18-11)15-12(19)16-10-4-5-13-17-10/h2-6H,1H3,(H,14,18)(H3,13,15,16,17,19). The van der Waals surface area contributed by atoms with Crippen molar-refractivity contribution in [3.05, 3.63) is 36.2 Å². The van der Waals surface area contributed by atoms with Gasteiger partial charge in [-0.05, 0) is 18.6 Å². The van der Waals surface area contributed by atoms with Crippen LogP contribution in [0.1, 0.15) is 5.56 Å². The van der Waals surface area contributed by atoms with Crippen LogP contribution in [0.4, 0.5) is 16.3 Å². The molecule has 0 aliphatic rings. The fraction of sp³-hybridized carbons (Fsp3) is 0.0833. The van der Waals surface area contributed by atoms with E-state index in [0.717, 1.165) is 16.5 Å². The van der Waals surface area contributed by atoms with Gasteiger partial charge < -0.3 is 5.32 Å². The lowest BCUT2D eigenvalue weighted by Gasteiger charge is -2.07. The predicted octanol–water partition coefficient (Wildman–Crippen LogP) is 2.24.